The molecule has 2 aromatic carbocycles. The van der Waals surface area contributed by atoms with Crippen LogP contribution in [0.15, 0.2) is 64.0 Å². The van der Waals surface area contributed by atoms with E-state index in [1.807, 2.05) is 24.3 Å². The van der Waals surface area contributed by atoms with Crippen molar-refractivity contribution in [1.29, 1.82) is 0 Å². The van der Waals surface area contributed by atoms with Crippen molar-refractivity contribution in [3.63, 3.8) is 0 Å². The van der Waals surface area contributed by atoms with Gasteiger partial charge in [-0.3, -0.25) is 4.79 Å². The van der Waals surface area contributed by atoms with Crippen LogP contribution in [0.3, 0.4) is 0 Å². The lowest BCUT2D eigenvalue weighted by molar-refractivity contribution is 0.0881. The number of fused-ring (bicyclic) bond motifs is 1. The number of hydrogen-bond acceptors (Lipinski definition) is 4. The molecule has 1 atom stereocenters. The van der Waals surface area contributed by atoms with Crippen molar-refractivity contribution in [3.05, 3.63) is 69.6 Å². The lowest BCUT2D eigenvalue weighted by Crippen LogP contribution is -2.31. The Labute approximate surface area is 141 Å². The summed E-state index contributed by atoms with van der Waals surface area (Å²) in [5, 5.41) is 15.5. The molecule has 0 radical (unpaired) electrons. The summed E-state index contributed by atoms with van der Waals surface area (Å²) in [4.78, 5) is 12.3. The number of hydrogen-bond donors (Lipinski definition) is 1. The third kappa shape index (κ3) is 3.78. The molecule has 0 unspecified atom stereocenters. The van der Waals surface area contributed by atoms with Crippen LogP contribution < -0.4 is 10.3 Å². The third-order valence-electron chi connectivity index (χ3n) is 3.40. The number of benzene rings is 2. The van der Waals surface area contributed by atoms with E-state index < -0.39 is 6.10 Å². The fraction of sp³-hybridized carbons (Fsp3) is 0.176. The topological polar surface area (TPSA) is 64.4 Å². The van der Waals surface area contributed by atoms with Crippen molar-refractivity contribution < 1.29 is 9.84 Å². The summed E-state index contributed by atoms with van der Waals surface area (Å²) in [7, 11) is 0. The third-order valence-corrected chi connectivity index (χ3v) is 3.93. The van der Waals surface area contributed by atoms with Gasteiger partial charge in [-0.1, -0.05) is 34.1 Å². The highest BCUT2D eigenvalue weighted by Gasteiger charge is 2.10. The molecule has 1 heterocycles. The average Bonchev–Trinajstić information content (AvgIpc) is 2.57. The smallest absolute Gasteiger partial charge is 0.274 e. The van der Waals surface area contributed by atoms with Gasteiger partial charge in [0.2, 0.25) is 0 Å². The molecule has 0 spiro atoms. The molecule has 3 aromatic rings. The van der Waals surface area contributed by atoms with Crippen molar-refractivity contribution in [2.45, 2.75) is 12.6 Å². The summed E-state index contributed by atoms with van der Waals surface area (Å²) in [5.41, 5.74) is -0.217. The maximum atomic E-state index is 12.3. The van der Waals surface area contributed by atoms with E-state index in [9.17, 15) is 9.90 Å². The number of halogens is 1. The molecule has 0 saturated heterocycles. The second-order valence-electron chi connectivity index (χ2n) is 5.14. The van der Waals surface area contributed by atoms with Gasteiger partial charge in [0.15, 0.2) is 0 Å². The molecule has 0 amide bonds. The summed E-state index contributed by atoms with van der Waals surface area (Å²) < 4.78 is 7.73. The first-order valence-electron chi connectivity index (χ1n) is 7.15. The van der Waals surface area contributed by atoms with Gasteiger partial charge in [-0.05, 0) is 30.3 Å². The molecule has 0 bridgehead atoms. The van der Waals surface area contributed by atoms with Gasteiger partial charge in [0.25, 0.3) is 5.56 Å². The molecular formula is C17H15BrN2O3. The van der Waals surface area contributed by atoms with Crippen molar-refractivity contribution in [3.8, 4) is 5.75 Å². The molecule has 1 aromatic heterocycles. The lowest BCUT2D eigenvalue weighted by Gasteiger charge is -2.13. The van der Waals surface area contributed by atoms with Crippen LogP contribution in [-0.4, -0.2) is 27.6 Å². The normalized spacial score (nSPS) is 12.3. The molecular weight excluding hydrogens is 360 g/mol. The number of nitrogens with zero attached hydrogens (tertiary/aromatic N) is 2. The first kappa shape index (κ1) is 15.7. The molecule has 5 nitrogen and oxygen atoms in total. The van der Waals surface area contributed by atoms with Gasteiger partial charge in [-0.15, -0.1) is 0 Å². The van der Waals surface area contributed by atoms with E-state index in [4.69, 9.17) is 4.74 Å². The molecule has 0 saturated carbocycles. The van der Waals surface area contributed by atoms with Crippen molar-refractivity contribution in [2.24, 2.45) is 0 Å². The Bertz CT molecular complexity index is 862. The molecule has 6 heteroatoms. The second kappa shape index (κ2) is 6.93. The second-order valence-corrected chi connectivity index (χ2v) is 6.05. The molecule has 118 valence electrons. The number of rotatable bonds is 5. The van der Waals surface area contributed by atoms with Gasteiger partial charge in [-0.2, -0.15) is 5.10 Å². The van der Waals surface area contributed by atoms with Crippen LogP contribution >= 0.6 is 15.9 Å². The Hall–Kier alpha value is -2.18. The van der Waals surface area contributed by atoms with Gasteiger partial charge in [0.1, 0.15) is 18.5 Å². The van der Waals surface area contributed by atoms with Gasteiger partial charge >= 0.3 is 0 Å². The number of aromatic nitrogens is 2. The van der Waals surface area contributed by atoms with E-state index >= 15 is 0 Å². The monoisotopic (exact) mass is 374 g/mol. The van der Waals surface area contributed by atoms with Crippen LogP contribution in [0.5, 0.6) is 5.75 Å². The highest BCUT2D eigenvalue weighted by molar-refractivity contribution is 9.10. The Kier molecular flexibility index (Phi) is 4.73. The zero-order valence-corrected chi connectivity index (χ0v) is 13.8. The predicted octanol–water partition coefficient (Wildman–Crippen LogP) is 2.60. The molecule has 0 aliphatic heterocycles. The summed E-state index contributed by atoms with van der Waals surface area (Å²) in [6.07, 6.45) is 0.795. The van der Waals surface area contributed by atoms with Crippen LogP contribution in [-0.2, 0) is 6.54 Å². The van der Waals surface area contributed by atoms with Gasteiger partial charge in [0, 0.05) is 9.86 Å². The number of ether oxygens (including phenoxy) is 1. The zero-order chi connectivity index (χ0) is 16.2. The van der Waals surface area contributed by atoms with E-state index in [1.165, 1.54) is 4.68 Å². The highest BCUT2D eigenvalue weighted by Crippen LogP contribution is 2.16. The Balaban J connectivity index is 1.68. The molecule has 23 heavy (non-hydrogen) atoms. The van der Waals surface area contributed by atoms with Crippen LogP contribution in [0.1, 0.15) is 0 Å². The van der Waals surface area contributed by atoms with Crippen molar-refractivity contribution >= 4 is 26.7 Å². The maximum Gasteiger partial charge on any atom is 0.274 e. The van der Waals surface area contributed by atoms with Gasteiger partial charge in [0.05, 0.1) is 18.1 Å². The quantitative estimate of drug-likeness (QED) is 0.745. The van der Waals surface area contributed by atoms with E-state index in [0.29, 0.717) is 11.1 Å². The zero-order valence-electron chi connectivity index (χ0n) is 12.2. The van der Waals surface area contributed by atoms with E-state index in [-0.39, 0.29) is 18.7 Å². The van der Waals surface area contributed by atoms with Gasteiger partial charge in [-0.25, -0.2) is 4.68 Å². The van der Waals surface area contributed by atoms with E-state index in [1.54, 1.807) is 30.5 Å². The maximum absolute atomic E-state index is 12.3. The first-order chi connectivity index (χ1) is 11.1. The molecule has 0 aliphatic rings. The summed E-state index contributed by atoms with van der Waals surface area (Å²) >= 11 is 3.35. The Morgan fingerprint density at radius 3 is 2.70 bits per heavy atom. The van der Waals surface area contributed by atoms with Crippen LogP contribution in [0.2, 0.25) is 0 Å². The SMILES string of the molecule is O=c1c2ccccc2cnn1C[C@@H](O)COc1ccc(Br)cc1. The van der Waals surface area contributed by atoms with Crippen molar-refractivity contribution in [1.82, 2.24) is 9.78 Å². The van der Waals surface area contributed by atoms with Crippen LogP contribution in [0.4, 0.5) is 0 Å². The summed E-state index contributed by atoms with van der Waals surface area (Å²) in [6.45, 7) is 0.169. The predicted molar refractivity (Wildman–Crippen MR) is 91.6 cm³/mol. The van der Waals surface area contributed by atoms with Crippen LogP contribution in [0.25, 0.3) is 10.8 Å². The first-order valence-corrected chi connectivity index (χ1v) is 7.94. The largest absolute Gasteiger partial charge is 0.491 e. The standard InChI is InChI=1S/C17H15BrN2O3/c18-13-5-7-15(8-6-13)23-11-14(21)10-20-17(22)16-4-2-1-3-12(16)9-19-20/h1-9,14,21H,10-11H2/t14-/m1/s1. The van der Waals surface area contributed by atoms with Crippen molar-refractivity contribution in [2.75, 3.05) is 6.61 Å². The van der Waals surface area contributed by atoms with Gasteiger partial charge < -0.3 is 9.84 Å². The minimum atomic E-state index is -0.829. The molecule has 3 rings (SSSR count). The van der Waals surface area contributed by atoms with E-state index in [2.05, 4.69) is 21.0 Å². The Morgan fingerprint density at radius 1 is 1.17 bits per heavy atom. The average molecular weight is 375 g/mol. The molecule has 0 aliphatic carbocycles. The number of aliphatic hydroxyl groups excluding tert-OH is 1. The number of aliphatic hydroxyl groups is 1. The molecule has 0 fully saturated rings. The minimum absolute atomic E-state index is 0.0835. The fourth-order valence-electron chi connectivity index (χ4n) is 2.23. The van der Waals surface area contributed by atoms with Crippen LogP contribution in [0, 0.1) is 0 Å². The molecule has 1 N–H and O–H groups in total. The summed E-state index contributed by atoms with van der Waals surface area (Å²) in [6, 6.07) is 14.6. The fourth-order valence-corrected chi connectivity index (χ4v) is 2.50. The minimum Gasteiger partial charge on any atom is -0.491 e. The van der Waals surface area contributed by atoms with E-state index in [0.717, 1.165) is 9.86 Å². The lowest BCUT2D eigenvalue weighted by atomic mass is 10.2. The summed E-state index contributed by atoms with van der Waals surface area (Å²) in [5.74, 6) is 0.658. The Morgan fingerprint density at radius 2 is 1.91 bits per heavy atom. The highest BCUT2D eigenvalue weighted by atomic mass is 79.9.